The monoisotopic (exact) mass is 425 g/mol. The van der Waals surface area contributed by atoms with Gasteiger partial charge in [0.25, 0.3) is 0 Å². The summed E-state index contributed by atoms with van der Waals surface area (Å²) in [6.45, 7) is 3.65. The lowest BCUT2D eigenvalue weighted by Crippen LogP contribution is -2.31. The summed E-state index contributed by atoms with van der Waals surface area (Å²) in [5.74, 6) is 2.23. The molecule has 0 aliphatic carbocycles. The van der Waals surface area contributed by atoms with E-state index in [0.29, 0.717) is 37.6 Å². The number of benzene rings is 2. The summed E-state index contributed by atoms with van der Waals surface area (Å²) < 4.78 is 16.6. The highest BCUT2D eigenvalue weighted by atomic mass is 32.1. The van der Waals surface area contributed by atoms with E-state index in [1.165, 1.54) is 0 Å². The molecule has 0 radical (unpaired) electrons. The van der Waals surface area contributed by atoms with E-state index < -0.39 is 0 Å². The topological polar surface area (TPSA) is 48.0 Å². The van der Waals surface area contributed by atoms with E-state index in [1.807, 2.05) is 71.8 Å². The Morgan fingerprint density at radius 1 is 0.967 bits per heavy atom. The first-order valence-electron chi connectivity index (χ1n) is 9.85. The third-order valence-corrected chi connectivity index (χ3v) is 5.65. The number of ether oxygens (including phenoxy) is 3. The van der Waals surface area contributed by atoms with Crippen LogP contribution in [0.1, 0.15) is 22.9 Å². The third-order valence-electron chi connectivity index (χ3n) is 4.80. The zero-order chi connectivity index (χ0) is 21.3. The summed E-state index contributed by atoms with van der Waals surface area (Å²) in [6, 6.07) is 17.5. The summed E-state index contributed by atoms with van der Waals surface area (Å²) in [4.78, 5) is 15.8. The Morgan fingerprint density at radius 2 is 1.73 bits per heavy atom. The van der Waals surface area contributed by atoms with E-state index in [0.717, 1.165) is 21.8 Å². The van der Waals surface area contributed by atoms with E-state index in [4.69, 9.17) is 14.2 Å². The summed E-state index contributed by atoms with van der Waals surface area (Å²) in [7, 11) is 3.26. The maximum absolute atomic E-state index is 12.8. The van der Waals surface area contributed by atoms with E-state index in [-0.39, 0.29) is 5.91 Å². The molecular weight excluding hydrogens is 398 g/mol. The van der Waals surface area contributed by atoms with Gasteiger partial charge in [-0.05, 0) is 53.8 Å². The predicted molar refractivity (Wildman–Crippen MR) is 119 cm³/mol. The lowest BCUT2D eigenvalue weighted by molar-refractivity contribution is -0.130. The van der Waals surface area contributed by atoms with Gasteiger partial charge in [0.2, 0.25) is 5.91 Å². The molecule has 1 amide bonds. The molecule has 0 spiro atoms. The maximum Gasteiger partial charge on any atom is 0.227 e. The molecule has 3 aromatic rings. The fourth-order valence-electron chi connectivity index (χ4n) is 3.10. The van der Waals surface area contributed by atoms with Crippen molar-refractivity contribution in [3.63, 3.8) is 0 Å². The normalized spacial score (nSPS) is 10.5. The molecule has 0 saturated heterocycles. The van der Waals surface area contributed by atoms with Crippen molar-refractivity contribution in [1.82, 2.24) is 4.90 Å². The van der Waals surface area contributed by atoms with Crippen molar-refractivity contribution in [1.29, 1.82) is 0 Å². The first kappa shape index (κ1) is 21.7. The SMILES string of the molecule is CCN(Cc1ccc(OCc2cccs2)c(OC)c1)C(=O)Cc1ccc(OC)cc1. The van der Waals surface area contributed by atoms with Crippen molar-refractivity contribution < 1.29 is 19.0 Å². The van der Waals surface area contributed by atoms with Gasteiger partial charge in [0, 0.05) is 18.0 Å². The maximum atomic E-state index is 12.8. The Morgan fingerprint density at radius 3 is 2.37 bits per heavy atom. The molecule has 5 nitrogen and oxygen atoms in total. The average molecular weight is 426 g/mol. The molecule has 0 bridgehead atoms. The highest BCUT2D eigenvalue weighted by Gasteiger charge is 2.15. The van der Waals surface area contributed by atoms with Crippen LogP contribution in [0, 0.1) is 0 Å². The second-order valence-corrected chi connectivity index (χ2v) is 7.82. The molecule has 158 valence electrons. The van der Waals surface area contributed by atoms with Gasteiger partial charge in [-0.2, -0.15) is 0 Å². The minimum Gasteiger partial charge on any atom is -0.497 e. The second kappa shape index (κ2) is 10.7. The number of carbonyl (C=O) groups is 1. The van der Waals surface area contributed by atoms with Gasteiger partial charge < -0.3 is 19.1 Å². The van der Waals surface area contributed by atoms with Crippen LogP contribution in [0.5, 0.6) is 17.2 Å². The number of nitrogens with zero attached hydrogens (tertiary/aromatic N) is 1. The van der Waals surface area contributed by atoms with E-state index in [1.54, 1.807) is 25.6 Å². The Balaban J connectivity index is 1.64. The highest BCUT2D eigenvalue weighted by molar-refractivity contribution is 7.09. The first-order valence-corrected chi connectivity index (χ1v) is 10.7. The van der Waals surface area contributed by atoms with Crippen LogP contribution in [0.3, 0.4) is 0 Å². The molecular formula is C24H27NO4S. The average Bonchev–Trinajstić information content (AvgIpc) is 3.30. The quantitative estimate of drug-likeness (QED) is 0.462. The van der Waals surface area contributed by atoms with Crippen LogP contribution in [0.4, 0.5) is 0 Å². The number of amides is 1. The second-order valence-electron chi connectivity index (χ2n) is 6.79. The summed E-state index contributed by atoms with van der Waals surface area (Å²) in [5, 5.41) is 2.03. The Bertz CT molecular complexity index is 938. The number of rotatable bonds is 10. The molecule has 0 unspecified atom stereocenters. The standard InChI is InChI=1S/C24H27NO4S/c1-4-25(24(26)15-18-7-10-20(27-2)11-8-18)16-19-9-12-22(23(14-19)28-3)29-17-21-6-5-13-30-21/h5-14H,4,15-17H2,1-3H3. The smallest absolute Gasteiger partial charge is 0.227 e. The van der Waals surface area contributed by atoms with Gasteiger partial charge in [-0.25, -0.2) is 0 Å². The molecule has 1 heterocycles. The van der Waals surface area contributed by atoms with Gasteiger partial charge in [0.1, 0.15) is 12.4 Å². The van der Waals surface area contributed by atoms with Crippen molar-refractivity contribution in [2.24, 2.45) is 0 Å². The molecule has 2 aromatic carbocycles. The van der Waals surface area contributed by atoms with E-state index in [9.17, 15) is 4.79 Å². The van der Waals surface area contributed by atoms with Crippen LogP contribution >= 0.6 is 11.3 Å². The van der Waals surface area contributed by atoms with Crippen molar-refractivity contribution >= 4 is 17.2 Å². The minimum atomic E-state index is 0.0830. The number of thiophene rings is 1. The van der Waals surface area contributed by atoms with Crippen LogP contribution in [-0.2, 0) is 24.4 Å². The third kappa shape index (κ3) is 5.76. The molecule has 0 saturated carbocycles. The Kier molecular flexibility index (Phi) is 7.74. The number of likely N-dealkylation sites (N-methyl/N-ethyl adjacent to an activating group) is 1. The van der Waals surface area contributed by atoms with Gasteiger partial charge in [0.05, 0.1) is 20.6 Å². The Labute approximate surface area is 181 Å². The zero-order valence-electron chi connectivity index (χ0n) is 17.6. The molecule has 0 atom stereocenters. The molecule has 0 aliphatic heterocycles. The van der Waals surface area contributed by atoms with Crippen LogP contribution in [0.2, 0.25) is 0 Å². The van der Waals surface area contributed by atoms with E-state index in [2.05, 4.69) is 0 Å². The summed E-state index contributed by atoms with van der Waals surface area (Å²) >= 11 is 1.66. The summed E-state index contributed by atoms with van der Waals surface area (Å²) in [6.07, 6.45) is 0.358. The number of carbonyl (C=O) groups excluding carboxylic acids is 1. The molecule has 6 heteroatoms. The molecule has 0 aliphatic rings. The van der Waals surface area contributed by atoms with Crippen LogP contribution in [0.25, 0.3) is 0 Å². The largest absolute Gasteiger partial charge is 0.497 e. The predicted octanol–water partition coefficient (Wildman–Crippen LogP) is 4.94. The highest BCUT2D eigenvalue weighted by Crippen LogP contribution is 2.30. The fraction of sp³-hybridized carbons (Fsp3) is 0.292. The molecule has 1 aromatic heterocycles. The van der Waals surface area contributed by atoms with Crippen molar-refractivity contribution in [3.8, 4) is 17.2 Å². The first-order chi connectivity index (χ1) is 14.6. The molecule has 0 N–H and O–H groups in total. The van der Waals surface area contributed by atoms with Gasteiger partial charge in [-0.3, -0.25) is 4.79 Å². The van der Waals surface area contributed by atoms with Gasteiger partial charge in [-0.15, -0.1) is 11.3 Å². The van der Waals surface area contributed by atoms with Crippen molar-refractivity contribution in [2.45, 2.75) is 26.5 Å². The Hall–Kier alpha value is -2.99. The lowest BCUT2D eigenvalue weighted by atomic mass is 10.1. The van der Waals surface area contributed by atoms with Crippen LogP contribution in [-0.4, -0.2) is 31.6 Å². The van der Waals surface area contributed by atoms with Gasteiger partial charge in [-0.1, -0.05) is 24.3 Å². The zero-order valence-corrected chi connectivity index (χ0v) is 18.4. The summed E-state index contributed by atoms with van der Waals surface area (Å²) in [5.41, 5.74) is 1.97. The number of methoxy groups -OCH3 is 2. The molecule has 0 fully saturated rings. The fourth-order valence-corrected chi connectivity index (χ4v) is 3.72. The van der Waals surface area contributed by atoms with Gasteiger partial charge >= 0.3 is 0 Å². The number of hydrogen-bond acceptors (Lipinski definition) is 5. The van der Waals surface area contributed by atoms with Crippen LogP contribution < -0.4 is 14.2 Å². The van der Waals surface area contributed by atoms with Crippen LogP contribution in [0.15, 0.2) is 60.0 Å². The molecule has 30 heavy (non-hydrogen) atoms. The van der Waals surface area contributed by atoms with Gasteiger partial charge in [0.15, 0.2) is 11.5 Å². The lowest BCUT2D eigenvalue weighted by Gasteiger charge is -2.22. The van der Waals surface area contributed by atoms with Crippen molar-refractivity contribution in [2.75, 3.05) is 20.8 Å². The minimum absolute atomic E-state index is 0.0830. The number of hydrogen-bond donors (Lipinski definition) is 0. The van der Waals surface area contributed by atoms with E-state index >= 15 is 0 Å². The van der Waals surface area contributed by atoms with Crippen molar-refractivity contribution in [3.05, 3.63) is 76.0 Å². The molecule has 3 rings (SSSR count).